The third-order valence-electron chi connectivity index (χ3n) is 5.02. The van der Waals surface area contributed by atoms with E-state index in [0.717, 1.165) is 32.4 Å². The highest BCUT2D eigenvalue weighted by Crippen LogP contribution is 2.26. The zero-order chi connectivity index (χ0) is 14.4. The van der Waals surface area contributed by atoms with Crippen molar-refractivity contribution in [2.75, 3.05) is 19.6 Å². The van der Waals surface area contributed by atoms with Crippen molar-refractivity contribution in [1.82, 2.24) is 10.2 Å². The van der Waals surface area contributed by atoms with Crippen molar-refractivity contribution in [3.05, 3.63) is 0 Å². The van der Waals surface area contributed by atoms with Gasteiger partial charge < -0.3 is 16.0 Å². The molecule has 1 heterocycles. The third-order valence-corrected chi connectivity index (χ3v) is 5.02. The molecule has 2 rings (SSSR count). The molecular weight excluding hydrogens is 250 g/mol. The van der Waals surface area contributed by atoms with Crippen molar-refractivity contribution in [2.24, 2.45) is 11.7 Å². The second kappa shape index (κ2) is 7.30. The second-order valence-electron chi connectivity index (χ2n) is 6.88. The molecule has 2 fully saturated rings. The largest absolute Gasteiger partial charge is 0.331 e. The van der Waals surface area contributed by atoms with E-state index in [1.807, 2.05) is 4.90 Å². The first-order valence-corrected chi connectivity index (χ1v) is 8.42. The van der Waals surface area contributed by atoms with Gasteiger partial charge in [0.15, 0.2) is 0 Å². The van der Waals surface area contributed by atoms with Crippen LogP contribution in [0.25, 0.3) is 0 Å². The first-order chi connectivity index (χ1) is 9.65. The highest BCUT2D eigenvalue weighted by Gasteiger charge is 2.32. The zero-order valence-electron chi connectivity index (χ0n) is 13.0. The van der Waals surface area contributed by atoms with Crippen LogP contribution in [-0.4, -0.2) is 36.1 Å². The molecule has 1 aliphatic carbocycles. The van der Waals surface area contributed by atoms with Crippen LogP contribution in [0, 0.1) is 5.92 Å². The van der Waals surface area contributed by atoms with Gasteiger partial charge in [0.25, 0.3) is 0 Å². The molecule has 4 heteroatoms. The van der Waals surface area contributed by atoms with Crippen molar-refractivity contribution in [2.45, 2.75) is 70.3 Å². The molecule has 2 amide bonds. The molecule has 0 spiro atoms. The number of nitrogens with two attached hydrogens (primary N) is 1. The summed E-state index contributed by atoms with van der Waals surface area (Å²) in [5.41, 5.74) is 5.88. The summed E-state index contributed by atoms with van der Waals surface area (Å²) < 4.78 is 0. The molecule has 1 unspecified atom stereocenters. The molecule has 1 aliphatic heterocycles. The van der Waals surface area contributed by atoms with Crippen molar-refractivity contribution in [3.63, 3.8) is 0 Å². The van der Waals surface area contributed by atoms with Gasteiger partial charge in [-0.05, 0) is 31.6 Å². The van der Waals surface area contributed by atoms with Crippen molar-refractivity contribution >= 4 is 6.03 Å². The Bertz CT molecular complexity index is 311. The van der Waals surface area contributed by atoms with E-state index >= 15 is 0 Å². The molecule has 4 nitrogen and oxygen atoms in total. The molecule has 0 radical (unpaired) electrons. The maximum atomic E-state index is 12.5. The average molecular weight is 281 g/mol. The van der Waals surface area contributed by atoms with Crippen LogP contribution in [0.3, 0.4) is 0 Å². The Morgan fingerprint density at radius 3 is 2.45 bits per heavy atom. The van der Waals surface area contributed by atoms with Crippen molar-refractivity contribution < 1.29 is 4.79 Å². The van der Waals surface area contributed by atoms with E-state index in [0.29, 0.717) is 12.5 Å². The van der Waals surface area contributed by atoms with Gasteiger partial charge in [-0.1, -0.05) is 39.0 Å². The number of likely N-dealkylation sites (tertiary alicyclic amines) is 1. The van der Waals surface area contributed by atoms with Crippen molar-refractivity contribution in [1.29, 1.82) is 0 Å². The molecule has 116 valence electrons. The van der Waals surface area contributed by atoms with Crippen LogP contribution in [0.4, 0.5) is 4.79 Å². The summed E-state index contributed by atoms with van der Waals surface area (Å²) >= 11 is 0. The predicted molar refractivity (Wildman–Crippen MR) is 82.6 cm³/mol. The van der Waals surface area contributed by atoms with Gasteiger partial charge in [-0.2, -0.15) is 0 Å². The lowest BCUT2D eigenvalue weighted by molar-refractivity contribution is 0.151. The number of carbonyl (C=O) groups excluding carboxylic acids is 1. The summed E-state index contributed by atoms with van der Waals surface area (Å²) in [6.45, 7) is 4.60. The monoisotopic (exact) mass is 281 g/mol. The quantitative estimate of drug-likeness (QED) is 0.817. The summed E-state index contributed by atoms with van der Waals surface area (Å²) in [4.78, 5) is 14.5. The number of nitrogens with one attached hydrogen (secondary N) is 1. The van der Waals surface area contributed by atoms with Crippen LogP contribution >= 0.6 is 0 Å². The summed E-state index contributed by atoms with van der Waals surface area (Å²) in [6.07, 6.45) is 10.7. The molecule has 0 aromatic carbocycles. The van der Waals surface area contributed by atoms with Crippen LogP contribution < -0.4 is 11.1 Å². The zero-order valence-corrected chi connectivity index (χ0v) is 13.0. The number of piperidine rings is 1. The summed E-state index contributed by atoms with van der Waals surface area (Å²) in [5.74, 6) is 0.626. The Morgan fingerprint density at radius 2 is 1.85 bits per heavy atom. The van der Waals surface area contributed by atoms with E-state index in [4.69, 9.17) is 5.73 Å². The van der Waals surface area contributed by atoms with Crippen LogP contribution in [0.15, 0.2) is 0 Å². The van der Waals surface area contributed by atoms with Crippen LogP contribution in [0.5, 0.6) is 0 Å². The van der Waals surface area contributed by atoms with Gasteiger partial charge in [0.1, 0.15) is 0 Å². The van der Waals surface area contributed by atoms with Crippen LogP contribution in [0.1, 0.15) is 64.7 Å². The molecule has 1 saturated carbocycles. The highest BCUT2D eigenvalue weighted by atomic mass is 16.2. The molecule has 0 aromatic rings. The molecule has 2 aliphatic rings. The SMILES string of the molecule is CC1CCCN(C(=O)NC2(CN)CCCCCCC2)C1. The lowest BCUT2D eigenvalue weighted by atomic mass is 9.84. The Hall–Kier alpha value is -0.770. The third kappa shape index (κ3) is 4.11. The first-order valence-electron chi connectivity index (χ1n) is 8.42. The Labute approximate surface area is 123 Å². The standard InChI is InChI=1S/C16H31N3O/c1-14-8-7-11-19(12-14)15(20)18-16(13-17)9-5-3-2-4-6-10-16/h14H,2-13,17H2,1H3,(H,18,20). The molecule has 3 N–H and O–H groups in total. The molecule has 0 aromatic heterocycles. The molecule has 1 atom stereocenters. The Balaban J connectivity index is 1.94. The Morgan fingerprint density at radius 1 is 1.20 bits per heavy atom. The van der Waals surface area contributed by atoms with E-state index in [9.17, 15) is 4.79 Å². The van der Waals surface area contributed by atoms with Gasteiger partial charge in [0, 0.05) is 19.6 Å². The van der Waals surface area contributed by atoms with Gasteiger partial charge in [0.05, 0.1) is 5.54 Å². The summed E-state index contributed by atoms with van der Waals surface area (Å²) in [5, 5.41) is 3.30. The van der Waals surface area contributed by atoms with Gasteiger partial charge in [-0.25, -0.2) is 4.79 Å². The lowest BCUT2D eigenvalue weighted by Gasteiger charge is -2.39. The fourth-order valence-electron chi connectivity index (χ4n) is 3.64. The number of carbonyl (C=O) groups is 1. The van der Waals surface area contributed by atoms with E-state index in [-0.39, 0.29) is 11.6 Å². The van der Waals surface area contributed by atoms with Crippen LogP contribution in [0.2, 0.25) is 0 Å². The Kier molecular flexibility index (Phi) is 5.70. The van der Waals surface area contributed by atoms with Gasteiger partial charge in [-0.3, -0.25) is 0 Å². The van der Waals surface area contributed by atoms with E-state index in [2.05, 4.69) is 12.2 Å². The molecule has 20 heavy (non-hydrogen) atoms. The average Bonchev–Trinajstić information content (AvgIpc) is 2.42. The maximum Gasteiger partial charge on any atom is 0.317 e. The first kappa shape index (κ1) is 15.6. The summed E-state index contributed by atoms with van der Waals surface area (Å²) in [6, 6.07) is 0.113. The fraction of sp³-hybridized carbons (Fsp3) is 0.938. The highest BCUT2D eigenvalue weighted by molar-refractivity contribution is 5.75. The van der Waals surface area contributed by atoms with E-state index in [1.165, 1.54) is 38.5 Å². The van der Waals surface area contributed by atoms with E-state index in [1.54, 1.807) is 0 Å². The number of hydrogen-bond acceptors (Lipinski definition) is 2. The smallest absolute Gasteiger partial charge is 0.317 e. The topological polar surface area (TPSA) is 58.4 Å². The molecular formula is C16H31N3O. The maximum absolute atomic E-state index is 12.5. The minimum atomic E-state index is -0.155. The van der Waals surface area contributed by atoms with Gasteiger partial charge >= 0.3 is 6.03 Å². The minimum absolute atomic E-state index is 0.113. The van der Waals surface area contributed by atoms with Gasteiger partial charge in [-0.15, -0.1) is 0 Å². The van der Waals surface area contributed by atoms with Gasteiger partial charge in [0.2, 0.25) is 0 Å². The van der Waals surface area contributed by atoms with E-state index < -0.39 is 0 Å². The second-order valence-corrected chi connectivity index (χ2v) is 6.88. The lowest BCUT2D eigenvalue weighted by Crippen LogP contribution is -2.58. The van der Waals surface area contributed by atoms with Crippen molar-refractivity contribution in [3.8, 4) is 0 Å². The predicted octanol–water partition coefficient (Wildman–Crippen LogP) is 2.87. The number of nitrogens with zero attached hydrogens (tertiary/aromatic N) is 1. The number of amides is 2. The minimum Gasteiger partial charge on any atom is -0.331 e. The number of rotatable bonds is 2. The molecule has 1 saturated heterocycles. The fourth-order valence-corrected chi connectivity index (χ4v) is 3.64. The summed E-state index contributed by atoms with van der Waals surface area (Å²) in [7, 11) is 0. The number of urea groups is 1. The molecule has 0 bridgehead atoms. The normalized spacial score (nSPS) is 27.5. The van der Waals surface area contributed by atoms with Crippen LogP contribution in [-0.2, 0) is 0 Å². The number of hydrogen-bond donors (Lipinski definition) is 2.